The number of rotatable bonds is 8. The molecule has 0 atom stereocenters. The molecule has 0 amide bonds. The van der Waals surface area contributed by atoms with Gasteiger partial charge in [0.25, 0.3) is 0 Å². The molecule has 0 aliphatic carbocycles. The number of pyridine rings is 1. The molecule has 3 aromatic heterocycles. The molecule has 7 heteroatoms. The second-order valence-corrected chi connectivity index (χ2v) is 25.3. The van der Waals surface area contributed by atoms with Gasteiger partial charge in [-0.05, 0) is 90.0 Å². The molecule has 0 saturated heterocycles. The Morgan fingerprint density at radius 3 is 1.76 bits per heavy atom. The second kappa shape index (κ2) is 15.9. The van der Waals surface area contributed by atoms with Crippen molar-refractivity contribution in [2.24, 2.45) is 7.05 Å². The Bertz CT molecular complexity index is 3770. The molecular weight excluding hydrogens is 861 g/mol. The monoisotopic (exact) mass is 904 g/mol. The summed E-state index contributed by atoms with van der Waals surface area (Å²) in [7, 11) is -3.82. The number of aryl methyl sites for hydroxylation is 1. The molecule has 13 rings (SSSR count). The van der Waals surface area contributed by atoms with Crippen molar-refractivity contribution in [3.8, 4) is 28.6 Å². The van der Waals surface area contributed by atoms with Crippen molar-refractivity contribution in [2.45, 2.75) is 0 Å². The fourth-order valence-corrected chi connectivity index (χ4v) is 21.1. The van der Waals surface area contributed by atoms with E-state index in [9.17, 15) is 0 Å². The zero-order valence-electron chi connectivity index (χ0n) is 37.4. The van der Waals surface area contributed by atoms with Gasteiger partial charge in [0.05, 0.1) is 16.6 Å². The highest BCUT2D eigenvalue weighted by atomic mass is 28.3. The Kier molecular flexibility index (Phi) is 9.35. The third kappa shape index (κ3) is 5.92. The molecule has 68 heavy (non-hydrogen) atoms. The fourth-order valence-electron chi connectivity index (χ4n) is 11.4. The van der Waals surface area contributed by atoms with E-state index in [2.05, 4.69) is 259 Å². The van der Waals surface area contributed by atoms with Gasteiger partial charge in [-0.3, -0.25) is 4.57 Å². The molecule has 12 aromatic rings. The van der Waals surface area contributed by atoms with E-state index in [0.717, 1.165) is 61.5 Å². The number of hydrogen-bond donors (Lipinski definition) is 0. The van der Waals surface area contributed by atoms with Crippen LogP contribution in [0.1, 0.15) is 0 Å². The summed E-state index contributed by atoms with van der Waals surface area (Å²) >= 11 is 0. The van der Waals surface area contributed by atoms with Crippen LogP contribution in [-0.2, 0) is 7.05 Å². The van der Waals surface area contributed by atoms with Gasteiger partial charge < -0.3 is 9.30 Å². The lowest BCUT2D eigenvalue weighted by Gasteiger charge is -2.39. The lowest BCUT2D eigenvalue weighted by Crippen LogP contribution is -2.76. The maximum atomic E-state index is 7.10. The highest BCUT2D eigenvalue weighted by Gasteiger charge is 2.48. The number of aromatic nitrogens is 4. The second-order valence-electron chi connectivity index (χ2n) is 17.8. The summed E-state index contributed by atoms with van der Waals surface area (Å²) < 4.78 is 11.7. The highest BCUT2D eigenvalue weighted by Crippen LogP contribution is 2.37. The average Bonchev–Trinajstić information content (AvgIpc) is 3.92. The van der Waals surface area contributed by atoms with E-state index in [1.807, 2.05) is 6.20 Å². The SMILES string of the molecule is Cn1c(-c2cccc([Si](c3ccccc3)(c3ccccc3)c3cccc(-n4c5cc6c(cc5c5cccnc54)[Si](c4ccccc4)(c4ccccc4)c4ccccc4O6)c3)c2)nc2ccccc21. The van der Waals surface area contributed by atoms with Crippen LogP contribution in [0.15, 0.2) is 249 Å². The van der Waals surface area contributed by atoms with Crippen LogP contribution < -0.4 is 46.2 Å². The maximum Gasteiger partial charge on any atom is 0.188 e. The van der Waals surface area contributed by atoms with Gasteiger partial charge in [-0.15, -0.1) is 0 Å². The fraction of sp³-hybridized carbons (Fsp3) is 0.0164. The Morgan fingerprint density at radius 1 is 0.456 bits per heavy atom. The number of ether oxygens (including phenoxy) is 1. The van der Waals surface area contributed by atoms with Gasteiger partial charge in [0.15, 0.2) is 16.1 Å². The first-order valence-electron chi connectivity index (χ1n) is 23.2. The zero-order chi connectivity index (χ0) is 45.2. The van der Waals surface area contributed by atoms with E-state index in [4.69, 9.17) is 14.7 Å². The van der Waals surface area contributed by atoms with Crippen LogP contribution >= 0.6 is 0 Å². The van der Waals surface area contributed by atoms with Crippen molar-refractivity contribution in [3.63, 3.8) is 0 Å². The van der Waals surface area contributed by atoms with Gasteiger partial charge in [-0.25, -0.2) is 9.97 Å². The molecule has 0 spiro atoms. The van der Waals surface area contributed by atoms with E-state index in [1.165, 1.54) is 41.5 Å². The van der Waals surface area contributed by atoms with Crippen LogP contribution in [0.4, 0.5) is 0 Å². The van der Waals surface area contributed by atoms with Gasteiger partial charge >= 0.3 is 0 Å². The minimum Gasteiger partial charge on any atom is -0.457 e. The van der Waals surface area contributed by atoms with Crippen molar-refractivity contribution in [2.75, 3.05) is 0 Å². The first kappa shape index (κ1) is 40.0. The van der Waals surface area contributed by atoms with Crippen LogP contribution in [0.3, 0.4) is 0 Å². The minimum atomic E-state index is -3.05. The molecular formula is C61H44N4OSi2. The molecule has 0 unspecified atom stereocenters. The smallest absolute Gasteiger partial charge is 0.188 e. The Labute approximate surface area is 396 Å². The predicted octanol–water partition coefficient (Wildman–Crippen LogP) is 8.59. The topological polar surface area (TPSA) is 44.9 Å². The summed E-state index contributed by atoms with van der Waals surface area (Å²) in [6.45, 7) is 0. The highest BCUT2D eigenvalue weighted by molar-refractivity contribution is 7.21. The van der Waals surface area contributed by atoms with Crippen LogP contribution in [0.25, 0.3) is 50.0 Å². The molecule has 0 N–H and O–H groups in total. The molecule has 0 bridgehead atoms. The van der Waals surface area contributed by atoms with Crippen LogP contribution in [0.2, 0.25) is 0 Å². The van der Waals surface area contributed by atoms with Gasteiger partial charge in [0.2, 0.25) is 0 Å². The van der Waals surface area contributed by atoms with Gasteiger partial charge in [0.1, 0.15) is 23.0 Å². The molecule has 1 aliphatic heterocycles. The summed E-state index contributed by atoms with van der Waals surface area (Å²) in [6.07, 6.45) is 1.92. The largest absolute Gasteiger partial charge is 0.457 e. The molecule has 4 heterocycles. The summed E-state index contributed by atoms with van der Waals surface area (Å²) in [5, 5.41) is 12.5. The van der Waals surface area contributed by atoms with E-state index in [0.29, 0.717) is 0 Å². The molecule has 1 aliphatic rings. The molecule has 322 valence electrons. The van der Waals surface area contributed by atoms with Crippen LogP contribution in [0.5, 0.6) is 11.5 Å². The Morgan fingerprint density at radius 2 is 1.06 bits per heavy atom. The zero-order valence-corrected chi connectivity index (χ0v) is 39.4. The standard InChI is InChI=1S/C61H44N4OSi2/c1-64-54-35-15-14-34-53(54)63-60(64)43-21-18-31-49(39-43)67(45-23-6-2-7-24-45,46-25-8-3-9-26-46)50-32-19-22-44(40-50)65-55-42-57-59(41-52(55)51-33-20-38-62-61(51)65)68(47-27-10-4-11-28-47,48-29-12-5-13-30-48)58-37-17-16-36-56(58)66-57/h2-42H,1H3. The predicted molar refractivity (Wildman–Crippen MR) is 286 cm³/mol. The van der Waals surface area contributed by atoms with Crippen LogP contribution in [0, 0.1) is 0 Å². The normalized spacial score (nSPS) is 13.0. The van der Waals surface area contributed by atoms with Crippen LogP contribution in [-0.4, -0.2) is 35.2 Å². The molecule has 9 aromatic carbocycles. The molecule has 0 fully saturated rings. The van der Waals surface area contributed by atoms with E-state index in [1.54, 1.807) is 0 Å². The third-order valence-electron chi connectivity index (χ3n) is 14.2. The summed E-state index contributed by atoms with van der Waals surface area (Å²) in [5.74, 6) is 2.73. The number of nitrogens with zero attached hydrogens (tertiary/aromatic N) is 4. The number of fused-ring (bicyclic) bond motifs is 6. The molecule has 0 radical (unpaired) electrons. The molecule has 5 nitrogen and oxygen atoms in total. The quantitative estimate of drug-likeness (QED) is 0.114. The Hall–Kier alpha value is -8.37. The van der Waals surface area contributed by atoms with Crippen molar-refractivity contribution in [1.82, 2.24) is 19.1 Å². The minimum absolute atomic E-state index is 0.881. The molecule has 0 saturated carbocycles. The maximum absolute atomic E-state index is 7.10. The number of benzene rings is 9. The summed E-state index contributed by atoms with van der Waals surface area (Å²) in [4.78, 5) is 10.4. The van der Waals surface area contributed by atoms with Crippen molar-refractivity contribution in [3.05, 3.63) is 249 Å². The van der Waals surface area contributed by atoms with Crippen molar-refractivity contribution >= 4 is 90.6 Å². The number of imidazole rings is 1. The van der Waals surface area contributed by atoms with Gasteiger partial charge in [-0.1, -0.05) is 188 Å². The van der Waals surface area contributed by atoms with Gasteiger partial charge in [0, 0.05) is 41.3 Å². The van der Waals surface area contributed by atoms with E-state index < -0.39 is 16.1 Å². The summed E-state index contributed by atoms with van der Waals surface area (Å²) in [5.41, 5.74) is 6.18. The van der Waals surface area contributed by atoms with Gasteiger partial charge in [-0.2, -0.15) is 0 Å². The van der Waals surface area contributed by atoms with Crippen molar-refractivity contribution in [1.29, 1.82) is 0 Å². The van der Waals surface area contributed by atoms with E-state index in [-0.39, 0.29) is 0 Å². The first-order valence-corrected chi connectivity index (χ1v) is 27.2. The third-order valence-corrected chi connectivity index (χ3v) is 23.8. The summed E-state index contributed by atoms with van der Waals surface area (Å²) in [6, 6.07) is 89.0. The Balaban J connectivity index is 1.08. The first-order chi connectivity index (χ1) is 33.6. The van der Waals surface area contributed by atoms with E-state index >= 15 is 0 Å². The average molecular weight is 905 g/mol. The number of hydrogen-bond acceptors (Lipinski definition) is 3. The lowest BCUT2D eigenvalue weighted by atomic mass is 10.2. The number of para-hydroxylation sites is 3. The lowest BCUT2D eigenvalue weighted by molar-refractivity contribution is 0.487. The van der Waals surface area contributed by atoms with Crippen molar-refractivity contribution < 1.29 is 4.74 Å².